The van der Waals surface area contributed by atoms with E-state index in [2.05, 4.69) is 232 Å². The molecule has 0 spiro atoms. The minimum Gasteiger partial charge on any atom is -0.509 e. The van der Waals surface area contributed by atoms with Gasteiger partial charge in [0.1, 0.15) is 5.82 Å². The summed E-state index contributed by atoms with van der Waals surface area (Å²) < 4.78 is 76.9. The van der Waals surface area contributed by atoms with Gasteiger partial charge in [-0.3, -0.25) is 0 Å². The number of benzene rings is 9. The molecule has 0 atom stereocenters. The van der Waals surface area contributed by atoms with Crippen molar-refractivity contribution in [3.8, 4) is 50.7 Å². The fraction of sp³-hybridized carbons (Fsp3) is 0.277. The van der Waals surface area contributed by atoms with Crippen molar-refractivity contribution < 1.29 is 35.4 Å². The molecule has 0 radical (unpaired) electrons. The Kier molecular flexibility index (Phi) is 14.1. The molecule has 0 unspecified atom stereocenters. The van der Waals surface area contributed by atoms with Crippen LogP contribution in [0.25, 0.3) is 81.2 Å². The molecule has 0 amide bonds. The van der Waals surface area contributed by atoms with E-state index in [0.29, 0.717) is 39.8 Å². The average Bonchev–Trinajstić information content (AvgIpc) is 1.62. The predicted octanol–water partition coefficient (Wildman–Crippen LogP) is 24.1. The van der Waals surface area contributed by atoms with E-state index in [-0.39, 0.29) is 61.4 Å². The number of aromatic nitrogens is 2. The molecule has 0 bridgehead atoms. The van der Waals surface area contributed by atoms with E-state index in [1.54, 1.807) is 23.6 Å². The summed E-state index contributed by atoms with van der Waals surface area (Å²) in [6.07, 6.45) is 0.0134. The standard InChI is InChI=1S/C83H83N4OS.Pt/c1-51(2)63-28-24-29-64(52(3)4)76(63)56-42-60(47-62(43-56)88-61-33-34-67-73(48-61)87(75-39-53(37-38-84-75)49-80(5,6)7)72-36-35-66-65-27-20-23-32-74(65)89-79(66)77(67)72)85-50-86(71-31-22-21-30-70(71)85)78-68(54-25-18-17-19-26-54)45-59(83(14,15)16)46-69(78)55-40-57(81(8,9)10)44-58(41-55)82(11,12)13;/h17-46,50-52H,49H2,1-16H3;/q-3;/i17D,18D,19D,25D,26D,49D2;. The topological polar surface area (TPSA) is 33.5 Å². The van der Waals surface area contributed by atoms with Crippen LogP contribution in [0.15, 0.2) is 182 Å². The Morgan fingerprint density at radius 2 is 1.19 bits per heavy atom. The Morgan fingerprint density at radius 1 is 0.578 bits per heavy atom. The second kappa shape index (κ2) is 23.5. The second-order valence-corrected chi connectivity index (χ2v) is 29.8. The van der Waals surface area contributed by atoms with Crippen molar-refractivity contribution in [1.29, 1.82) is 0 Å². The van der Waals surface area contributed by atoms with E-state index in [9.17, 15) is 5.48 Å². The van der Waals surface area contributed by atoms with Crippen molar-refractivity contribution in [2.75, 3.05) is 9.80 Å². The van der Waals surface area contributed by atoms with E-state index in [1.807, 2.05) is 51.1 Å². The first kappa shape index (κ1) is 54.0. The predicted molar refractivity (Wildman–Crippen MR) is 381 cm³/mol. The van der Waals surface area contributed by atoms with Gasteiger partial charge in [0.15, 0.2) is 0 Å². The number of hydrogen-bond donors (Lipinski definition) is 0. The first-order valence-corrected chi connectivity index (χ1v) is 32.0. The van der Waals surface area contributed by atoms with E-state index in [4.69, 9.17) is 13.8 Å². The Labute approximate surface area is 562 Å². The van der Waals surface area contributed by atoms with Crippen LogP contribution in [0.3, 0.4) is 0 Å². The number of para-hydroxylation sites is 2. The molecule has 460 valence electrons. The molecule has 12 aromatic rings. The molecule has 90 heavy (non-hydrogen) atoms. The van der Waals surface area contributed by atoms with Crippen molar-refractivity contribution in [2.24, 2.45) is 5.41 Å². The smallest absolute Gasteiger partial charge is 0.135 e. The molecule has 5 nitrogen and oxygen atoms in total. The normalized spacial score (nSPS) is 14.4. The molecular weight excluding hydrogens is 1300 g/mol. The fourth-order valence-electron chi connectivity index (χ4n) is 12.6. The molecule has 0 aliphatic carbocycles. The van der Waals surface area contributed by atoms with Gasteiger partial charge < -0.3 is 19.1 Å². The van der Waals surface area contributed by atoms with Crippen molar-refractivity contribution >= 4 is 76.1 Å². The monoisotopic (exact) mass is 1390 g/mol. The SMILES string of the molecule is [2H]c1c([2H])c([2H])c(-c2cc(C(C)(C)C)cc(-c3cc(C(C)(C)C)cc(C(C)(C)C)c3)c2N2[CH-]N(c3[c-]c(Oc4[c-]c5c(cc4)c4c6sc7ccccc7c6ccc4n5-c4cc(C([2H])([2H])C(C)(C)C)ccn4)cc(-c4c(C(C)C)cccc4C(C)C)c3)c3ccccc32)c([2H])c1[2H].[Pt]. The molecule has 7 heteroatoms. The molecule has 13 rings (SSSR count). The van der Waals surface area contributed by atoms with Crippen LogP contribution in [0, 0.1) is 24.2 Å². The van der Waals surface area contributed by atoms with Crippen LogP contribution in [0.4, 0.5) is 22.7 Å². The maximum absolute atomic E-state index is 9.69. The van der Waals surface area contributed by atoms with Gasteiger partial charge in [-0.25, -0.2) is 4.98 Å². The van der Waals surface area contributed by atoms with Gasteiger partial charge in [0.25, 0.3) is 0 Å². The first-order chi connectivity index (χ1) is 45.1. The molecule has 4 heterocycles. The van der Waals surface area contributed by atoms with Gasteiger partial charge in [-0.1, -0.05) is 219 Å². The van der Waals surface area contributed by atoms with Crippen molar-refractivity contribution in [3.63, 3.8) is 0 Å². The Bertz CT molecular complexity index is 5050. The summed E-state index contributed by atoms with van der Waals surface area (Å²) in [7, 11) is 0. The summed E-state index contributed by atoms with van der Waals surface area (Å²) in [5.74, 6) is 1.75. The van der Waals surface area contributed by atoms with Crippen molar-refractivity contribution in [1.82, 2.24) is 9.55 Å². The minimum atomic E-state index is -1.69. The number of hydrogen-bond acceptors (Lipinski definition) is 5. The quantitative estimate of drug-likeness (QED) is 0.121. The second-order valence-electron chi connectivity index (χ2n) is 28.8. The van der Waals surface area contributed by atoms with Crippen LogP contribution in [-0.2, 0) is 43.7 Å². The number of nitrogens with zero attached hydrogens (tertiary/aromatic N) is 4. The third kappa shape index (κ3) is 11.7. The summed E-state index contributed by atoms with van der Waals surface area (Å²) in [6.45, 7) is 36.6. The van der Waals surface area contributed by atoms with E-state index >= 15 is 0 Å². The van der Waals surface area contributed by atoms with E-state index in [1.165, 1.54) is 21.2 Å². The molecule has 0 N–H and O–H groups in total. The summed E-state index contributed by atoms with van der Waals surface area (Å²) >= 11 is 1.76. The third-order valence-electron chi connectivity index (χ3n) is 17.2. The van der Waals surface area contributed by atoms with Crippen LogP contribution in [0.2, 0.25) is 0 Å². The minimum absolute atomic E-state index is 0. The number of pyridine rings is 1. The van der Waals surface area contributed by atoms with Gasteiger partial charge in [-0.2, -0.15) is 6.07 Å². The van der Waals surface area contributed by atoms with Crippen molar-refractivity contribution in [2.45, 2.75) is 145 Å². The number of ether oxygens (including phenoxy) is 1. The molecular formula is C83H83N4OPtS-3. The summed E-state index contributed by atoms with van der Waals surface area (Å²) in [5, 5.41) is 4.34. The maximum Gasteiger partial charge on any atom is 0.135 e. The van der Waals surface area contributed by atoms with Gasteiger partial charge in [0.2, 0.25) is 0 Å². The number of anilines is 4. The summed E-state index contributed by atoms with van der Waals surface area (Å²) in [6, 6.07) is 56.5. The Balaban J connectivity index is 0.00000897. The number of rotatable bonds is 11. The van der Waals surface area contributed by atoms with Gasteiger partial charge in [0.05, 0.1) is 6.85 Å². The van der Waals surface area contributed by atoms with Crippen LogP contribution >= 0.6 is 11.3 Å². The third-order valence-corrected chi connectivity index (χ3v) is 18.4. The average molecular weight is 1390 g/mol. The summed E-state index contributed by atoms with van der Waals surface area (Å²) in [5.41, 5.74) is 13.5. The van der Waals surface area contributed by atoms with Crippen LogP contribution in [-0.4, -0.2) is 9.55 Å². The zero-order valence-corrected chi connectivity index (χ0v) is 57.7. The molecule has 0 fully saturated rings. The molecule has 0 saturated carbocycles. The zero-order valence-electron chi connectivity index (χ0n) is 61.6. The van der Waals surface area contributed by atoms with Gasteiger partial charge in [-0.15, -0.1) is 65.0 Å². The summed E-state index contributed by atoms with van der Waals surface area (Å²) in [4.78, 5) is 9.26. The van der Waals surface area contributed by atoms with Crippen LogP contribution < -0.4 is 14.5 Å². The van der Waals surface area contributed by atoms with E-state index in [0.717, 1.165) is 82.2 Å². The van der Waals surface area contributed by atoms with Crippen LogP contribution in [0.1, 0.15) is 166 Å². The molecule has 0 saturated heterocycles. The molecule has 9 aromatic carbocycles. The molecule has 1 aliphatic heterocycles. The molecule has 3 aromatic heterocycles. The first-order valence-electron chi connectivity index (χ1n) is 34.7. The number of thiophene rings is 1. The Morgan fingerprint density at radius 3 is 1.83 bits per heavy atom. The van der Waals surface area contributed by atoms with Gasteiger partial charge in [0, 0.05) is 95.4 Å². The van der Waals surface area contributed by atoms with Crippen LogP contribution in [0.5, 0.6) is 11.5 Å². The Hall–Kier alpha value is -7.76. The van der Waals surface area contributed by atoms with Gasteiger partial charge >= 0.3 is 0 Å². The maximum atomic E-state index is 9.69. The van der Waals surface area contributed by atoms with E-state index < -0.39 is 35.3 Å². The van der Waals surface area contributed by atoms with Crippen molar-refractivity contribution in [3.05, 3.63) is 234 Å². The number of fused-ring (bicyclic) bond motifs is 8. The molecule has 1 aliphatic rings. The zero-order chi connectivity index (χ0) is 68.8. The fourth-order valence-corrected chi connectivity index (χ4v) is 13.9. The largest absolute Gasteiger partial charge is 0.509 e. The van der Waals surface area contributed by atoms with Gasteiger partial charge in [-0.05, 0) is 144 Å².